The average Bonchev–Trinajstić information content (AvgIpc) is 2.93. The van der Waals surface area contributed by atoms with Gasteiger partial charge in [-0.25, -0.2) is 0 Å². The maximum Gasteiger partial charge on any atom is 0.231 e. The van der Waals surface area contributed by atoms with Crippen LogP contribution in [-0.2, 0) is 9.59 Å². The van der Waals surface area contributed by atoms with Gasteiger partial charge in [-0.3, -0.25) is 9.59 Å². The number of hydrogen-bond donors (Lipinski definition) is 2. The van der Waals surface area contributed by atoms with Crippen LogP contribution >= 0.6 is 11.3 Å². The molecule has 1 aliphatic rings. The molecule has 2 amide bonds. The number of rotatable bonds is 3. The average molecular weight is 315 g/mol. The molecular formula is C16H17N3O2S. The minimum absolute atomic E-state index is 0.00302. The van der Waals surface area contributed by atoms with Gasteiger partial charge in [-0.1, -0.05) is 12.1 Å². The van der Waals surface area contributed by atoms with E-state index in [9.17, 15) is 9.59 Å². The molecule has 2 heterocycles. The predicted octanol–water partition coefficient (Wildman–Crippen LogP) is 2.41. The number of nitrogens with zero attached hydrogens (tertiary/aromatic N) is 1. The van der Waals surface area contributed by atoms with Crippen LogP contribution in [0.3, 0.4) is 0 Å². The van der Waals surface area contributed by atoms with E-state index in [0.717, 1.165) is 10.4 Å². The summed E-state index contributed by atoms with van der Waals surface area (Å²) < 4.78 is 0. The molecule has 1 aliphatic heterocycles. The largest absolute Gasteiger partial charge is 0.397 e. The number of anilines is 2. The summed E-state index contributed by atoms with van der Waals surface area (Å²) >= 11 is 1.64. The van der Waals surface area contributed by atoms with Gasteiger partial charge in [0.2, 0.25) is 11.8 Å². The van der Waals surface area contributed by atoms with E-state index in [1.54, 1.807) is 22.3 Å². The Morgan fingerprint density at radius 3 is 2.73 bits per heavy atom. The van der Waals surface area contributed by atoms with E-state index in [1.165, 1.54) is 6.92 Å². The lowest BCUT2D eigenvalue weighted by molar-refractivity contribution is -0.139. The van der Waals surface area contributed by atoms with Gasteiger partial charge in [-0.2, -0.15) is 0 Å². The second-order valence-electron chi connectivity index (χ2n) is 5.39. The molecule has 0 radical (unpaired) electrons. The number of likely N-dealkylation sites (tertiary alicyclic amines) is 1. The Balaban J connectivity index is 1.71. The summed E-state index contributed by atoms with van der Waals surface area (Å²) in [6.45, 7) is 2.47. The zero-order valence-electron chi connectivity index (χ0n) is 12.2. The SMILES string of the molecule is CC(=O)N1CC(C(=O)Nc2cc(-c3cccs3)ccc2N)C1. The quantitative estimate of drug-likeness (QED) is 0.854. The first-order valence-corrected chi connectivity index (χ1v) is 7.92. The summed E-state index contributed by atoms with van der Waals surface area (Å²) in [6.07, 6.45) is 0. The van der Waals surface area contributed by atoms with Crippen LogP contribution in [0.1, 0.15) is 6.92 Å². The Bertz CT molecular complexity index is 706. The van der Waals surface area contributed by atoms with Gasteiger partial charge in [0.05, 0.1) is 17.3 Å². The van der Waals surface area contributed by atoms with E-state index in [2.05, 4.69) is 5.32 Å². The molecule has 22 heavy (non-hydrogen) atoms. The lowest BCUT2D eigenvalue weighted by atomic mass is 9.99. The fourth-order valence-electron chi connectivity index (χ4n) is 2.40. The second-order valence-corrected chi connectivity index (χ2v) is 6.34. The topological polar surface area (TPSA) is 75.4 Å². The number of nitrogen functional groups attached to an aromatic ring is 1. The number of nitrogens with two attached hydrogens (primary N) is 1. The normalized spacial score (nSPS) is 14.5. The number of hydrogen-bond acceptors (Lipinski definition) is 4. The van der Waals surface area contributed by atoms with Gasteiger partial charge in [0, 0.05) is 24.9 Å². The molecule has 3 rings (SSSR count). The lowest BCUT2D eigenvalue weighted by Gasteiger charge is -2.37. The highest BCUT2D eigenvalue weighted by atomic mass is 32.1. The van der Waals surface area contributed by atoms with E-state index < -0.39 is 0 Å². The van der Waals surface area contributed by atoms with Gasteiger partial charge >= 0.3 is 0 Å². The zero-order chi connectivity index (χ0) is 15.7. The van der Waals surface area contributed by atoms with Crippen molar-refractivity contribution in [3.63, 3.8) is 0 Å². The smallest absolute Gasteiger partial charge is 0.231 e. The number of amides is 2. The van der Waals surface area contributed by atoms with Gasteiger partial charge in [0.15, 0.2) is 0 Å². The molecule has 0 atom stereocenters. The maximum absolute atomic E-state index is 12.2. The number of benzene rings is 1. The fourth-order valence-corrected chi connectivity index (χ4v) is 3.12. The van der Waals surface area contributed by atoms with E-state index in [-0.39, 0.29) is 17.7 Å². The summed E-state index contributed by atoms with van der Waals surface area (Å²) in [7, 11) is 0. The number of carbonyl (C=O) groups excluding carboxylic acids is 2. The second kappa shape index (κ2) is 5.81. The molecule has 3 N–H and O–H groups in total. The minimum atomic E-state index is -0.159. The Labute approximate surface area is 132 Å². The molecule has 1 aromatic carbocycles. The summed E-state index contributed by atoms with van der Waals surface area (Å²) in [5.41, 5.74) is 8.14. The van der Waals surface area contributed by atoms with Crippen LogP contribution in [0.5, 0.6) is 0 Å². The first-order chi connectivity index (χ1) is 10.5. The number of thiophene rings is 1. The third-order valence-corrected chi connectivity index (χ3v) is 4.73. The van der Waals surface area contributed by atoms with Gasteiger partial charge in [0.25, 0.3) is 0 Å². The molecule has 2 aromatic rings. The minimum Gasteiger partial charge on any atom is -0.397 e. The van der Waals surface area contributed by atoms with Crippen molar-refractivity contribution in [3.8, 4) is 10.4 Å². The van der Waals surface area contributed by atoms with Crippen LogP contribution in [0.4, 0.5) is 11.4 Å². The van der Waals surface area contributed by atoms with Crippen molar-refractivity contribution in [2.45, 2.75) is 6.92 Å². The van der Waals surface area contributed by atoms with E-state index in [4.69, 9.17) is 5.73 Å². The van der Waals surface area contributed by atoms with Crippen LogP contribution in [0.15, 0.2) is 35.7 Å². The summed E-state index contributed by atoms with van der Waals surface area (Å²) in [4.78, 5) is 26.1. The third-order valence-electron chi connectivity index (χ3n) is 3.81. The molecule has 0 spiro atoms. The highest BCUT2D eigenvalue weighted by Gasteiger charge is 2.34. The molecule has 114 valence electrons. The number of nitrogens with one attached hydrogen (secondary N) is 1. The monoisotopic (exact) mass is 315 g/mol. The molecule has 0 aliphatic carbocycles. The Morgan fingerprint density at radius 1 is 1.32 bits per heavy atom. The Kier molecular flexibility index (Phi) is 3.85. The van der Waals surface area contributed by atoms with Crippen LogP contribution in [-0.4, -0.2) is 29.8 Å². The number of carbonyl (C=O) groups is 2. The van der Waals surface area contributed by atoms with Crippen molar-refractivity contribution >= 4 is 34.5 Å². The molecule has 1 aromatic heterocycles. The fraction of sp³-hybridized carbons (Fsp3) is 0.250. The molecule has 6 heteroatoms. The van der Waals surface area contributed by atoms with E-state index >= 15 is 0 Å². The first-order valence-electron chi connectivity index (χ1n) is 7.04. The zero-order valence-corrected chi connectivity index (χ0v) is 13.0. The van der Waals surface area contributed by atoms with E-state index in [1.807, 2.05) is 29.6 Å². The van der Waals surface area contributed by atoms with Crippen molar-refractivity contribution in [1.29, 1.82) is 0 Å². The molecule has 1 saturated heterocycles. The van der Waals surface area contributed by atoms with E-state index in [0.29, 0.717) is 24.5 Å². The van der Waals surface area contributed by atoms with Crippen molar-refractivity contribution in [2.75, 3.05) is 24.1 Å². The van der Waals surface area contributed by atoms with Gasteiger partial charge in [-0.15, -0.1) is 11.3 Å². The molecule has 0 unspecified atom stereocenters. The Hall–Kier alpha value is -2.34. The molecule has 5 nitrogen and oxygen atoms in total. The highest BCUT2D eigenvalue weighted by molar-refractivity contribution is 7.13. The molecule has 1 fully saturated rings. The third kappa shape index (κ3) is 2.82. The van der Waals surface area contributed by atoms with Crippen molar-refractivity contribution in [3.05, 3.63) is 35.7 Å². The van der Waals surface area contributed by atoms with Crippen LogP contribution in [0.2, 0.25) is 0 Å². The van der Waals surface area contributed by atoms with Crippen LogP contribution in [0.25, 0.3) is 10.4 Å². The first kappa shape index (κ1) is 14.6. The standard InChI is InChI=1S/C16H17N3O2S/c1-10(20)19-8-12(9-19)16(21)18-14-7-11(4-5-13(14)17)15-3-2-6-22-15/h2-7,12H,8-9,17H2,1H3,(H,18,21). The lowest BCUT2D eigenvalue weighted by Crippen LogP contribution is -2.53. The summed E-state index contributed by atoms with van der Waals surface area (Å²) in [5.74, 6) is -0.246. The highest BCUT2D eigenvalue weighted by Crippen LogP contribution is 2.30. The maximum atomic E-state index is 12.2. The summed E-state index contributed by atoms with van der Waals surface area (Å²) in [5, 5.41) is 4.89. The molecule has 0 bridgehead atoms. The van der Waals surface area contributed by atoms with Crippen molar-refractivity contribution in [2.24, 2.45) is 5.92 Å². The van der Waals surface area contributed by atoms with Crippen LogP contribution < -0.4 is 11.1 Å². The van der Waals surface area contributed by atoms with Crippen molar-refractivity contribution in [1.82, 2.24) is 4.90 Å². The Morgan fingerprint density at radius 2 is 2.09 bits per heavy atom. The van der Waals surface area contributed by atoms with Gasteiger partial charge in [-0.05, 0) is 29.1 Å². The summed E-state index contributed by atoms with van der Waals surface area (Å²) in [6, 6.07) is 9.64. The molecular weight excluding hydrogens is 298 g/mol. The van der Waals surface area contributed by atoms with Crippen molar-refractivity contribution < 1.29 is 9.59 Å². The predicted molar refractivity (Wildman–Crippen MR) is 88.5 cm³/mol. The van der Waals surface area contributed by atoms with Crippen LogP contribution in [0, 0.1) is 5.92 Å². The molecule has 0 saturated carbocycles. The van der Waals surface area contributed by atoms with Gasteiger partial charge < -0.3 is 16.0 Å². The van der Waals surface area contributed by atoms with Gasteiger partial charge in [0.1, 0.15) is 0 Å².